The molecular formula is C8H12N4O3S. The van der Waals surface area contributed by atoms with Gasteiger partial charge in [0, 0.05) is 6.54 Å². The molecule has 0 bridgehead atoms. The molecule has 0 heterocycles. The molecule has 16 heavy (non-hydrogen) atoms. The lowest BCUT2D eigenvalue weighted by Gasteiger charge is -2.09. The summed E-state index contributed by atoms with van der Waals surface area (Å²) in [5.74, 6) is 0. The third-order valence-corrected chi connectivity index (χ3v) is 2.89. The Morgan fingerprint density at radius 3 is 2.50 bits per heavy atom. The number of nitrogens with two attached hydrogens (primary N) is 3. The highest BCUT2D eigenvalue weighted by Gasteiger charge is 2.14. The van der Waals surface area contributed by atoms with Gasteiger partial charge in [-0.3, -0.25) is 0 Å². The van der Waals surface area contributed by atoms with E-state index in [1.165, 1.54) is 12.1 Å². The van der Waals surface area contributed by atoms with Crippen molar-refractivity contribution >= 4 is 21.7 Å². The number of benzene rings is 1. The van der Waals surface area contributed by atoms with Crippen LogP contribution in [0.3, 0.4) is 0 Å². The molecule has 0 atom stereocenters. The monoisotopic (exact) mass is 244 g/mol. The molecule has 0 aliphatic carbocycles. The molecular weight excluding hydrogens is 232 g/mol. The van der Waals surface area contributed by atoms with Gasteiger partial charge < -0.3 is 16.8 Å². The Bertz CT molecular complexity index is 512. The zero-order valence-corrected chi connectivity index (χ0v) is 9.12. The molecule has 0 aliphatic rings. The number of nitrogen functional groups attached to an aromatic ring is 1. The molecule has 0 aromatic heterocycles. The van der Waals surface area contributed by atoms with Crippen molar-refractivity contribution in [1.29, 1.82) is 0 Å². The molecule has 0 saturated carbocycles. The first kappa shape index (κ1) is 12.3. The quantitative estimate of drug-likeness (QED) is 0.510. The van der Waals surface area contributed by atoms with E-state index in [4.69, 9.17) is 16.6 Å². The maximum atomic E-state index is 11.1. The van der Waals surface area contributed by atoms with E-state index >= 15 is 0 Å². The second-order valence-electron chi connectivity index (χ2n) is 3.09. The van der Waals surface area contributed by atoms with E-state index < -0.39 is 16.1 Å². The highest BCUT2D eigenvalue weighted by molar-refractivity contribution is 7.89. The summed E-state index contributed by atoms with van der Waals surface area (Å²) < 4.78 is 22.3. The van der Waals surface area contributed by atoms with Crippen molar-refractivity contribution in [3.8, 4) is 0 Å². The number of sulfonamides is 1. The number of rotatable bonds is 3. The third-order valence-electron chi connectivity index (χ3n) is 1.92. The molecule has 1 aromatic carbocycles. The normalized spacial score (nSPS) is 11.1. The molecule has 0 saturated heterocycles. The molecule has 1 rings (SSSR count). The number of hydrogen-bond donors (Lipinski definition) is 4. The SMILES string of the molecule is NC(=O)NCc1cccc(S(N)(=O)=O)c1N. The van der Waals surface area contributed by atoms with Crippen LogP contribution in [-0.4, -0.2) is 14.4 Å². The predicted molar refractivity (Wildman–Crippen MR) is 58.7 cm³/mol. The van der Waals surface area contributed by atoms with Crippen LogP contribution in [-0.2, 0) is 16.6 Å². The number of primary sulfonamides is 1. The lowest BCUT2D eigenvalue weighted by Crippen LogP contribution is -2.29. The number of urea groups is 1. The summed E-state index contributed by atoms with van der Waals surface area (Å²) in [6.45, 7) is 0.0462. The Kier molecular flexibility index (Phi) is 3.35. The van der Waals surface area contributed by atoms with Crippen LogP contribution in [0.1, 0.15) is 5.56 Å². The third kappa shape index (κ3) is 2.84. The number of carbonyl (C=O) groups is 1. The van der Waals surface area contributed by atoms with Gasteiger partial charge in [0.15, 0.2) is 0 Å². The average molecular weight is 244 g/mol. The molecule has 7 nitrogen and oxygen atoms in total. The molecule has 0 spiro atoms. The number of anilines is 1. The molecule has 0 aliphatic heterocycles. The fourth-order valence-corrected chi connectivity index (χ4v) is 1.88. The summed E-state index contributed by atoms with van der Waals surface area (Å²) >= 11 is 0. The number of carbonyl (C=O) groups excluding carboxylic acids is 1. The van der Waals surface area contributed by atoms with Gasteiger partial charge in [0.25, 0.3) is 0 Å². The molecule has 0 unspecified atom stereocenters. The zero-order chi connectivity index (χ0) is 12.3. The van der Waals surface area contributed by atoms with Gasteiger partial charge in [0.2, 0.25) is 10.0 Å². The summed E-state index contributed by atoms with van der Waals surface area (Å²) in [4.78, 5) is 10.3. The van der Waals surface area contributed by atoms with E-state index in [9.17, 15) is 13.2 Å². The largest absolute Gasteiger partial charge is 0.397 e. The average Bonchev–Trinajstić information content (AvgIpc) is 2.14. The van der Waals surface area contributed by atoms with Gasteiger partial charge in [-0.1, -0.05) is 12.1 Å². The number of amides is 2. The molecule has 2 amide bonds. The first-order valence-corrected chi connectivity index (χ1v) is 5.80. The highest BCUT2D eigenvalue weighted by Crippen LogP contribution is 2.20. The number of nitrogens with one attached hydrogen (secondary N) is 1. The first-order chi connectivity index (χ1) is 7.32. The van der Waals surface area contributed by atoms with Crippen molar-refractivity contribution in [3.05, 3.63) is 23.8 Å². The lowest BCUT2D eigenvalue weighted by molar-refractivity contribution is 0.248. The smallest absolute Gasteiger partial charge is 0.312 e. The van der Waals surface area contributed by atoms with Crippen molar-refractivity contribution in [2.75, 3.05) is 5.73 Å². The van der Waals surface area contributed by atoms with Crippen molar-refractivity contribution < 1.29 is 13.2 Å². The summed E-state index contributed by atoms with van der Waals surface area (Å²) in [7, 11) is -3.86. The van der Waals surface area contributed by atoms with Crippen molar-refractivity contribution in [1.82, 2.24) is 5.32 Å². The minimum Gasteiger partial charge on any atom is -0.397 e. The van der Waals surface area contributed by atoms with Gasteiger partial charge >= 0.3 is 6.03 Å². The molecule has 7 N–H and O–H groups in total. The van der Waals surface area contributed by atoms with Crippen LogP contribution < -0.4 is 21.9 Å². The van der Waals surface area contributed by atoms with E-state index in [-0.39, 0.29) is 17.1 Å². The maximum absolute atomic E-state index is 11.1. The van der Waals surface area contributed by atoms with Crippen molar-refractivity contribution in [2.24, 2.45) is 10.9 Å². The lowest BCUT2D eigenvalue weighted by atomic mass is 10.2. The van der Waals surface area contributed by atoms with E-state index in [2.05, 4.69) is 5.32 Å². The van der Waals surface area contributed by atoms with Gasteiger partial charge in [-0.2, -0.15) is 0 Å². The summed E-state index contributed by atoms with van der Waals surface area (Å²) in [6, 6.07) is 3.62. The second kappa shape index (κ2) is 4.37. The Balaban J connectivity index is 3.10. The van der Waals surface area contributed by atoms with Crippen molar-refractivity contribution in [2.45, 2.75) is 11.4 Å². The van der Waals surface area contributed by atoms with Crippen LogP contribution in [0.2, 0.25) is 0 Å². The molecule has 0 radical (unpaired) electrons. The van der Waals surface area contributed by atoms with Gasteiger partial charge in [-0.25, -0.2) is 18.4 Å². The Labute approximate surface area is 92.7 Å². The minimum absolute atomic E-state index is 0.0127. The van der Waals surface area contributed by atoms with E-state index in [1.54, 1.807) is 6.07 Å². The van der Waals surface area contributed by atoms with Gasteiger partial charge in [0.1, 0.15) is 4.90 Å². The predicted octanol–water partition coefficient (Wildman–Crippen LogP) is -0.915. The zero-order valence-electron chi connectivity index (χ0n) is 8.30. The maximum Gasteiger partial charge on any atom is 0.312 e. The van der Waals surface area contributed by atoms with E-state index in [0.717, 1.165) is 0 Å². The second-order valence-corrected chi connectivity index (χ2v) is 4.62. The summed E-state index contributed by atoms with van der Waals surface area (Å²) in [5.41, 5.74) is 10.9. The van der Waals surface area contributed by atoms with E-state index in [0.29, 0.717) is 5.56 Å². The number of para-hydroxylation sites is 1. The van der Waals surface area contributed by atoms with Crippen LogP contribution in [0.25, 0.3) is 0 Å². The fraction of sp³-hybridized carbons (Fsp3) is 0.125. The first-order valence-electron chi connectivity index (χ1n) is 4.26. The van der Waals surface area contributed by atoms with Gasteiger partial charge in [-0.05, 0) is 11.6 Å². The number of hydrogen-bond acceptors (Lipinski definition) is 4. The van der Waals surface area contributed by atoms with Crippen molar-refractivity contribution in [3.63, 3.8) is 0 Å². The van der Waals surface area contributed by atoms with Gasteiger partial charge in [-0.15, -0.1) is 0 Å². The summed E-state index contributed by atoms with van der Waals surface area (Å²) in [5, 5.41) is 7.27. The minimum atomic E-state index is -3.86. The molecule has 88 valence electrons. The Morgan fingerprint density at radius 1 is 1.38 bits per heavy atom. The molecule has 1 aromatic rings. The standard InChI is InChI=1S/C8H12N4O3S/c9-7-5(4-12-8(10)13)2-1-3-6(7)16(11,14)15/h1-3H,4,9H2,(H3,10,12,13)(H2,11,14,15). The molecule has 0 fully saturated rings. The highest BCUT2D eigenvalue weighted by atomic mass is 32.2. The summed E-state index contributed by atoms with van der Waals surface area (Å²) in [6.07, 6.45) is 0. The fourth-order valence-electron chi connectivity index (χ4n) is 1.17. The van der Waals surface area contributed by atoms with Gasteiger partial charge in [0.05, 0.1) is 5.69 Å². The number of primary amides is 1. The topological polar surface area (TPSA) is 141 Å². The van der Waals surface area contributed by atoms with Crippen LogP contribution >= 0.6 is 0 Å². The van der Waals surface area contributed by atoms with Crippen LogP contribution in [0.15, 0.2) is 23.1 Å². The van der Waals surface area contributed by atoms with Crippen LogP contribution in [0.4, 0.5) is 10.5 Å². The molecule has 8 heteroatoms. The van der Waals surface area contributed by atoms with E-state index in [1.807, 2.05) is 0 Å². The van der Waals surface area contributed by atoms with Crippen LogP contribution in [0, 0.1) is 0 Å². The van der Waals surface area contributed by atoms with Crippen LogP contribution in [0.5, 0.6) is 0 Å². The Morgan fingerprint density at radius 2 is 2.00 bits per heavy atom. The Hall–Kier alpha value is -1.80.